The summed E-state index contributed by atoms with van der Waals surface area (Å²) >= 11 is 7.79. The molecule has 8 nitrogen and oxygen atoms in total. The summed E-state index contributed by atoms with van der Waals surface area (Å²) in [7, 11) is 3.28. The number of ether oxygens (including phenoxy) is 1. The zero-order chi connectivity index (χ0) is 28.0. The quantitative estimate of drug-likeness (QED) is 0.223. The number of hydrogen-bond donors (Lipinski definition) is 4. The van der Waals surface area contributed by atoms with Gasteiger partial charge in [0.1, 0.15) is 28.0 Å². The van der Waals surface area contributed by atoms with Gasteiger partial charge in [-0.05, 0) is 63.6 Å². The fraction of sp³-hybridized carbons (Fsp3) is 0.333. The normalized spacial score (nSPS) is 12.3. The SMILES string of the molecule is CC.CNSNc1cccc(Oc2c(C(=O)NC3CC3)c(Nc3ccc(C)cc3F)n(C)c(=O)c2C)c1Cl. The topological polar surface area (TPSA) is 96.4 Å². The van der Waals surface area contributed by atoms with Crippen molar-refractivity contribution in [3.05, 3.63) is 74.3 Å². The van der Waals surface area contributed by atoms with Gasteiger partial charge < -0.3 is 20.1 Å². The summed E-state index contributed by atoms with van der Waals surface area (Å²) in [5.41, 5.74) is 1.34. The van der Waals surface area contributed by atoms with Crippen LogP contribution in [0.5, 0.6) is 11.5 Å². The number of aromatic nitrogens is 1. The Morgan fingerprint density at radius 3 is 2.50 bits per heavy atom. The summed E-state index contributed by atoms with van der Waals surface area (Å²) in [6.07, 6.45) is 1.73. The number of halogens is 2. The number of nitrogens with one attached hydrogen (secondary N) is 4. The van der Waals surface area contributed by atoms with E-state index in [2.05, 4.69) is 20.1 Å². The third kappa shape index (κ3) is 6.61. The maximum Gasteiger partial charge on any atom is 0.259 e. The van der Waals surface area contributed by atoms with Crippen molar-refractivity contribution in [3.8, 4) is 11.5 Å². The summed E-state index contributed by atoms with van der Waals surface area (Å²) in [6, 6.07) is 9.86. The monoisotopic (exact) mass is 561 g/mol. The first-order valence-electron chi connectivity index (χ1n) is 12.3. The third-order valence-electron chi connectivity index (χ3n) is 5.72. The molecule has 4 rings (SSSR count). The van der Waals surface area contributed by atoms with Crippen molar-refractivity contribution in [2.75, 3.05) is 17.1 Å². The standard InChI is InChI=1S/C25H27ClFN5O3S.C2H6/c1-13-8-11-17(16(27)12-13)30-23-20(24(33)29-15-9-10-15)22(14(2)25(34)32(23)4)35-19-7-5-6-18(21(19)26)31-36-28-3;1-2/h5-8,11-12,15,28,30-31H,9-10H2,1-4H3,(H,29,33);1-2H3. The second kappa shape index (κ2) is 13.0. The fourth-order valence-electron chi connectivity index (χ4n) is 3.62. The minimum atomic E-state index is -0.511. The lowest BCUT2D eigenvalue weighted by Crippen LogP contribution is -2.31. The first-order chi connectivity index (χ1) is 18.2. The molecule has 0 aliphatic heterocycles. The first-order valence-corrected chi connectivity index (χ1v) is 13.5. The largest absolute Gasteiger partial charge is 0.454 e. The highest BCUT2D eigenvalue weighted by Crippen LogP contribution is 2.40. The Kier molecular flexibility index (Phi) is 10.1. The third-order valence-corrected chi connectivity index (χ3v) is 6.64. The van der Waals surface area contributed by atoms with Crippen molar-refractivity contribution < 1.29 is 13.9 Å². The Morgan fingerprint density at radius 1 is 1.16 bits per heavy atom. The minimum absolute atomic E-state index is 0.0431. The van der Waals surface area contributed by atoms with E-state index >= 15 is 0 Å². The number of pyridine rings is 1. The molecule has 0 spiro atoms. The second-order valence-electron chi connectivity index (χ2n) is 8.53. The summed E-state index contributed by atoms with van der Waals surface area (Å²) in [4.78, 5) is 26.7. The Balaban J connectivity index is 0.00000195. The van der Waals surface area contributed by atoms with E-state index in [0.29, 0.717) is 5.69 Å². The van der Waals surface area contributed by atoms with Crippen LogP contribution in [-0.2, 0) is 7.05 Å². The van der Waals surface area contributed by atoms with Crippen LogP contribution in [0.15, 0.2) is 41.2 Å². The van der Waals surface area contributed by atoms with Gasteiger partial charge in [-0.15, -0.1) is 0 Å². The smallest absolute Gasteiger partial charge is 0.259 e. The average molecular weight is 562 g/mol. The van der Waals surface area contributed by atoms with Crippen molar-refractivity contribution in [1.29, 1.82) is 0 Å². The van der Waals surface area contributed by atoms with Crippen LogP contribution in [-0.4, -0.2) is 23.6 Å². The van der Waals surface area contributed by atoms with Gasteiger partial charge in [-0.25, -0.2) is 9.11 Å². The molecule has 1 amide bonds. The molecular formula is C27H33ClFN5O3S. The van der Waals surface area contributed by atoms with E-state index in [4.69, 9.17) is 16.3 Å². The average Bonchev–Trinajstić information content (AvgIpc) is 3.72. The number of anilines is 3. The lowest BCUT2D eigenvalue weighted by Gasteiger charge is -2.22. The molecule has 1 aromatic heterocycles. The van der Waals surface area contributed by atoms with Crippen molar-refractivity contribution in [1.82, 2.24) is 14.6 Å². The van der Waals surface area contributed by atoms with Crippen molar-refractivity contribution in [2.45, 2.75) is 46.6 Å². The van der Waals surface area contributed by atoms with Gasteiger partial charge in [-0.2, -0.15) is 0 Å². The highest BCUT2D eigenvalue weighted by Gasteiger charge is 2.31. The number of carbonyl (C=O) groups is 1. The molecule has 0 radical (unpaired) electrons. The Bertz CT molecular complexity index is 1380. The maximum atomic E-state index is 14.7. The molecule has 1 saturated carbocycles. The first kappa shape index (κ1) is 29.3. The van der Waals surface area contributed by atoms with Gasteiger partial charge in [0, 0.05) is 25.2 Å². The molecule has 0 unspecified atom stereocenters. The summed E-state index contributed by atoms with van der Waals surface area (Å²) in [5, 5.41) is 6.17. The van der Waals surface area contributed by atoms with E-state index < -0.39 is 17.3 Å². The molecule has 38 heavy (non-hydrogen) atoms. The molecule has 1 aliphatic carbocycles. The van der Waals surface area contributed by atoms with Crippen molar-refractivity contribution in [2.24, 2.45) is 7.05 Å². The van der Waals surface area contributed by atoms with Crippen LogP contribution >= 0.6 is 23.7 Å². The van der Waals surface area contributed by atoms with Crippen molar-refractivity contribution >= 4 is 46.8 Å². The Hall–Kier alpha value is -3.21. The molecule has 3 aromatic rings. The van der Waals surface area contributed by atoms with Crippen LogP contribution < -0.4 is 30.4 Å². The molecule has 2 aromatic carbocycles. The van der Waals surface area contributed by atoms with Crippen LogP contribution in [0.4, 0.5) is 21.6 Å². The van der Waals surface area contributed by atoms with Crippen LogP contribution in [0.3, 0.4) is 0 Å². The number of aryl methyl sites for hydroxylation is 1. The number of rotatable bonds is 9. The van der Waals surface area contributed by atoms with E-state index in [-0.39, 0.29) is 45.2 Å². The van der Waals surface area contributed by atoms with Gasteiger partial charge in [0.05, 0.1) is 16.9 Å². The zero-order valence-electron chi connectivity index (χ0n) is 22.3. The van der Waals surface area contributed by atoms with Gasteiger partial charge in [-0.3, -0.25) is 14.2 Å². The number of benzene rings is 2. The van der Waals surface area contributed by atoms with E-state index in [1.165, 1.54) is 29.8 Å². The lowest BCUT2D eigenvalue weighted by atomic mass is 10.1. The number of carbonyl (C=O) groups excluding carboxylic acids is 1. The molecule has 11 heteroatoms. The molecular weight excluding hydrogens is 529 g/mol. The zero-order valence-corrected chi connectivity index (χ0v) is 23.9. The highest BCUT2D eigenvalue weighted by atomic mass is 35.5. The number of hydrogen-bond acceptors (Lipinski definition) is 7. The van der Waals surface area contributed by atoms with Gasteiger partial charge >= 0.3 is 0 Å². The number of nitrogens with zero attached hydrogens (tertiary/aromatic N) is 1. The minimum Gasteiger partial charge on any atom is -0.454 e. The second-order valence-corrected chi connectivity index (χ2v) is 9.72. The molecule has 204 valence electrons. The highest BCUT2D eigenvalue weighted by molar-refractivity contribution is 7.98. The molecule has 1 aliphatic rings. The molecule has 0 bridgehead atoms. The molecule has 0 atom stereocenters. The molecule has 0 saturated heterocycles. The van der Waals surface area contributed by atoms with Gasteiger partial charge in [-0.1, -0.05) is 37.6 Å². The summed E-state index contributed by atoms with van der Waals surface area (Å²) in [6.45, 7) is 7.35. The van der Waals surface area contributed by atoms with E-state index in [1.807, 2.05) is 13.8 Å². The van der Waals surface area contributed by atoms with Crippen molar-refractivity contribution in [3.63, 3.8) is 0 Å². The molecule has 1 fully saturated rings. The summed E-state index contributed by atoms with van der Waals surface area (Å²) in [5.74, 6) is -0.535. The lowest BCUT2D eigenvalue weighted by molar-refractivity contribution is 0.0948. The maximum absolute atomic E-state index is 14.7. The van der Waals surface area contributed by atoms with Crippen LogP contribution in [0.1, 0.15) is 48.2 Å². The van der Waals surface area contributed by atoms with Gasteiger partial charge in [0.15, 0.2) is 5.75 Å². The number of amides is 1. The van der Waals surface area contributed by atoms with E-state index in [9.17, 15) is 14.0 Å². The Labute approximate surface area is 231 Å². The molecule has 1 heterocycles. The van der Waals surface area contributed by atoms with Crippen LogP contribution in [0.2, 0.25) is 5.02 Å². The van der Waals surface area contributed by atoms with Gasteiger partial charge in [0.25, 0.3) is 11.5 Å². The summed E-state index contributed by atoms with van der Waals surface area (Å²) < 4.78 is 28.1. The van der Waals surface area contributed by atoms with E-state index in [0.717, 1.165) is 18.4 Å². The van der Waals surface area contributed by atoms with Crippen LogP contribution in [0.25, 0.3) is 0 Å². The van der Waals surface area contributed by atoms with Gasteiger partial charge in [0.2, 0.25) is 0 Å². The fourth-order valence-corrected chi connectivity index (χ4v) is 4.27. The predicted molar refractivity (Wildman–Crippen MR) is 154 cm³/mol. The molecule has 4 N–H and O–H groups in total. The van der Waals surface area contributed by atoms with E-state index in [1.54, 1.807) is 51.2 Å². The Morgan fingerprint density at radius 2 is 1.87 bits per heavy atom. The predicted octanol–water partition coefficient (Wildman–Crippen LogP) is 6.44. The van der Waals surface area contributed by atoms with Crippen LogP contribution in [0, 0.1) is 19.7 Å².